The van der Waals surface area contributed by atoms with Gasteiger partial charge in [-0.2, -0.15) is 0 Å². The summed E-state index contributed by atoms with van der Waals surface area (Å²) in [5.41, 5.74) is 2.10. The zero-order valence-electron chi connectivity index (χ0n) is 43.0. The Hall–Kier alpha value is -8.98. The molecule has 0 amide bonds. The summed E-state index contributed by atoms with van der Waals surface area (Å²) in [5, 5.41) is 1.30. The number of aryl methyl sites for hydroxylation is 3. The van der Waals surface area contributed by atoms with E-state index in [9.17, 15) is 38.4 Å². The summed E-state index contributed by atoms with van der Waals surface area (Å²) in [7, 11) is 10.6. The molecule has 74 heavy (non-hydrogen) atoms. The van der Waals surface area contributed by atoms with Crippen LogP contribution < -0.4 is 44.5 Å². The number of fused-ring (bicyclic) bond motifs is 4. The van der Waals surface area contributed by atoms with Crippen LogP contribution in [0, 0.1) is 20.8 Å². The van der Waals surface area contributed by atoms with E-state index in [0.717, 1.165) is 40.5 Å². The van der Waals surface area contributed by atoms with E-state index in [0.29, 0.717) is 5.69 Å². The molecule has 0 unspecified atom stereocenters. The highest BCUT2D eigenvalue weighted by molar-refractivity contribution is 5.99. The van der Waals surface area contributed by atoms with Crippen LogP contribution in [0.25, 0.3) is 59.9 Å². The van der Waals surface area contributed by atoms with Crippen molar-refractivity contribution in [3.63, 3.8) is 0 Å². The zero-order chi connectivity index (χ0) is 54.2. The second-order valence-corrected chi connectivity index (χ2v) is 16.9. The molecule has 0 bridgehead atoms. The van der Waals surface area contributed by atoms with Gasteiger partial charge in [0, 0.05) is 49.6 Å². The van der Waals surface area contributed by atoms with Crippen LogP contribution in [0.4, 0.5) is 0 Å². The Balaban J connectivity index is 0.000000200. The van der Waals surface area contributed by atoms with Gasteiger partial charge in [0.25, 0.3) is 44.5 Å². The molecule has 0 aliphatic carbocycles. The Kier molecular flexibility index (Phi) is 19.6. The van der Waals surface area contributed by atoms with Gasteiger partial charge in [0.1, 0.15) is 0 Å². The van der Waals surface area contributed by atoms with Crippen molar-refractivity contribution in [3.8, 4) is 16.8 Å². The number of rotatable bonds is 2. The van der Waals surface area contributed by atoms with Crippen LogP contribution in [0.2, 0.25) is 0 Å². The minimum absolute atomic E-state index is 0.140. The van der Waals surface area contributed by atoms with Crippen LogP contribution in [0.1, 0.15) is 16.7 Å². The quantitative estimate of drug-likeness (QED) is 0.168. The van der Waals surface area contributed by atoms with E-state index in [4.69, 9.17) is 0 Å². The van der Waals surface area contributed by atoms with Gasteiger partial charge >= 0.3 is 0 Å². The third-order valence-electron chi connectivity index (χ3n) is 11.5. The number of ether oxygens (including phenoxy) is 2. The predicted molar refractivity (Wildman–Crippen MR) is 299 cm³/mol. The Labute approximate surface area is 425 Å². The molecule has 0 saturated heterocycles. The van der Waals surface area contributed by atoms with Gasteiger partial charge in [0.15, 0.2) is 0 Å². The monoisotopic (exact) mass is 994 g/mol. The minimum atomic E-state index is -0.499. The molecule has 0 N–H and O–H groups in total. The largest absolute Gasteiger partial charge is 0.388 e. The lowest BCUT2D eigenvalue weighted by Crippen LogP contribution is -2.23. The lowest BCUT2D eigenvalue weighted by Gasteiger charge is -2.12. The fraction of sp³-hybridized carbons (Fsp3) is 0.167. The van der Waals surface area contributed by atoms with E-state index in [1.807, 2.05) is 135 Å². The summed E-state index contributed by atoms with van der Waals surface area (Å²) in [6, 6.07) is 53.1. The molecule has 0 radical (unpaired) electrons. The summed E-state index contributed by atoms with van der Waals surface area (Å²) in [4.78, 5) is 98.0. The number of aromatic nitrogens is 4. The van der Waals surface area contributed by atoms with E-state index >= 15 is 0 Å². The van der Waals surface area contributed by atoms with Gasteiger partial charge < -0.3 is 9.47 Å². The number of hydrogen-bond acceptors (Lipinski definition) is 10. The number of nitrogens with zero attached hydrogens (tertiary/aromatic N) is 4. The summed E-state index contributed by atoms with van der Waals surface area (Å²) >= 11 is 0. The molecule has 11 aromatic rings. The van der Waals surface area contributed by atoms with Gasteiger partial charge in [-0.25, -0.2) is 4.57 Å². The average Bonchev–Trinajstić information content (AvgIpc) is 3.97. The van der Waals surface area contributed by atoms with Crippen LogP contribution in [0.15, 0.2) is 208 Å². The van der Waals surface area contributed by atoms with E-state index in [1.165, 1.54) is 51.0 Å². The molecule has 0 spiro atoms. The molecule has 0 atom stereocenters. The van der Waals surface area contributed by atoms with Gasteiger partial charge in [-0.15, -0.1) is 0 Å². The Morgan fingerprint density at radius 1 is 0.297 bits per heavy atom. The van der Waals surface area contributed by atoms with E-state index in [-0.39, 0.29) is 43.1 Å². The van der Waals surface area contributed by atoms with E-state index in [2.05, 4.69) is 34.6 Å². The Morgan fingerprint density at radius 2 is 0.514 bits per heavy atom. The topological polar surface area (TPSA) is 175 Å². The van der Waals surface area contributed by atoms with Crippen LogP contribution >= 0.6 is 0 Å². The molecule has 4 heterocycles. The van der Waals surface area contributed by atoms with Crippen molar-refractivity contribution in [3.05, 3.63) is 269 Å². The van der Waals surface area contributed by atoms with Crippen molar-refractivity contribution in [2.75, 3.05) is 28.4 Å². The first kappa shape index (κ1) is 55.9. The molecule has 0 saturated carbocycles. The van der Waals surface area contributed by atoms with Crippen LogP contribution in [0.3, 0.4) is 0 Å². The highest BCUT2D eigenvalue weighted by Gasteiger charge is 2.20. The first-order valence-electron chi connectivity index (χ1n) is 23.2. The molecule has 11 rings (SSSR count). The van der Waals surface area contributed by atoms with Gasteiger partial charge in [-0.1, -0.05) is 139 Å². The predicted octanol–water partition coefficient (Wildman–Crippen LogP) is 7.60. The summed E-state index contributed by atoms with van der Waals surface area (Å²) in [5.74, 6) is 0. The van der Waals surface area contributed by atoms with Crippen molar-refractivity contribution in [1.82, 2.24) is 18.3 Å². The molecule has 0 fully saturated rings. The van der Waals surface area contributed by atoms with Crippen LogP contribution in [0.5, 0.6) is 0 Å². The number of hydrogen-bond donors (Lipinski definition) is 0. The molecule has 7 aromatic carbocycles. The Morgan fingerprint density at radius 3 is 0.743 bits per heavy atom. The third-order valence-corrected chi connectivity index (χ3v) is 11.5. The fourth-order valence-electron chi connectivity index (χ4n) is 7.90. The molecular weight excluding hydrogens is 937 g/mol. The highest BCUT2D eigenvalue weighted by atomic mass is 16.5. The molecular formula is C60H58N4O10. The lowest BCUT2D eigenvalue weighted by molar-refractivity contribution is 0.277. The first-order chi connectivity index (χ1) is 35.4. The van der Waals surface area contributed by atoms with Gasteiger partial charge in [-0.3, -0.25) is 52.1 Å². The van der Waals surface area contributed by atoms with Crippen LogP contribution in [-0.2, 0) is 30.6 Å². The van der Waals surface area contributed by atoms with Crippen LogP contribution in [-0.4, -0.2) is 46.7 Å². The van der Waals surface area contributed by atoms with Gasteiger partial charge in [-0.05, 0) is 79.4 Å². The number of methoxy groups -OCH3 is 2. The van der Waals surface area contributed by atoms with Crippen molar-refractivity contribution in [1.29, 1.82) is 0 Å². The highest BCUT2D eigenvalue weighted by Crippen LogP contribution is 2.29. The third kappa shape index (κ3) is 12.5. The SMILES string of the molecule is COC.COC.Cc1ccc(-c2ccc(-n3c(=O)c4cc5c(=O)n(C)c(=O)c5cc4c3=O)cc2C)c(C)c1.Cn1c(=O)c2cc3c(=O)n(C)c(=O)c3cc2c1=O.c1ccccc1.c1ccccc1.c1ccccc1. The molecule has 0 aliphatic rings. The second-order valence-electron chi connectivity index (χ2n) is 16.9. The first-order valence-corrected chi connectivity index (χ1v) is 23.2. The maximum absolute atomic E-state index is 13.1. The van der Waals surface area contributed by atoms with Gasteiger partial charge in [0.05, 0.1) is 48.8 Å². The summed E-state index contributed by atoms with van der Waals surface area (Å²) in [6.45, 7) is 6.04. The lowest BCUT2D eigenvalue weighted by atomic mass is 9.95. The summed E-state index contributed by atoms with van der Waals surface area (Å²) in [6.07, 6.45) is 0. The maximum Gasteiger partial charge on any atom is 0.266 e. The van der Waals surface area contributed by atoms with E-state index < -0.39 is 44.5 Å². The molecule has 378 valence electrons. The molecule has 14 heteroatoms. The average molecular weight is 995 g/mol. The fourth-order valence-corrected chi connectivity index (χ4v) is 7.90. The van der Waals surface area contributed by atoms with Gasteiger partial charge in [0.2, 0.25) is 0 Å². The zero-order valence-corrected chi connectivity index (χ0v) is 43.0. The van der Waals surface area contributed by atoms with Crippen molar-refractivity contribution < 1.29 is 9.47 Å². The van der Waals surface area contributed by atoms with Crippen molar-refractivity contribution >= 4 is 43.1 Å². The van der Waals surface area contributed by atoms with Crippen molar-refractivity contribution in [2.24, 2.45) is 21.1 Å². The van der Waals surface area contributed by atoms with E-state index in [1.54, 1.807) is 34.5 Å². The molecule has 14 nitrogen and oxygen atoms in total. The smallest absolute Gasteiger partial charge is 0.266 e. The second kappa shape index (κ2) is 25.9. The summed E-state index contributed by atoms with van der Waals surface area (Å²) < 4.78 is 12.5. The normalized spacial score (nSPS) is 10.3. The van der Waals surface area contributed by atoms with Crippen molar-refractivity contribution in [2.45, 2.75) is 20.8 Å². The standard InChI is InChI=1S/C26H20N2O4.C12H8N2O4.3C6H6.2C2H6O/c1-13-5-7-17(14(2)9-13)18-8-6-16(10-15(18)3)28-25(31)21-11-19-20(12-22(21)26(28)32)24(30)27(4)23(19)29;1-13-9(15)5-3-7-8(4-6(5)10(13)16)12(18)14(2)11(7)17;3*1-2-4-6-5-3-1;2*1-3-2/h5-12H,1-4H3;3-4H,1-2H3;3*1-6H;2*1-2H3. The maximum atomic E-state index is 13.1. The number of benzene rings is 7. The Bertz CT molecular complexity index is 3690. The minimum Gasteiger partial charge on any atom is -0.388 e. The molecule has 0 aliphatic heterocycles. The molecule has 4 aromatic heterocycles.